The molecule has 1 saturated heterocycles. The number of nitrogens with zero attached hydrogens (tertiary/aromatic N) is 2. The van der Waals surface area contributed by atoms with Crippen LogP contribution in [0.4, 0.5) is 0 Å². The monoisotopic (exact) mass is 297 g/mol. The van der Waals surface area contributed by atoms with Gasteiger partial charge in [-0.05, 0) is 37.1 Å². The molecule has 3 N–H and O–H groups in total. The molecule has 1 aromatic rings. The van der Waals surface area contributed by atoms with Crippen LogP contribution in [0.15, 0.2) is 33.9 Å². The van der Waals surface area contributed by atoms with Gasteiger partial charge in [0.15, 0.2) is 5.84 Å². The minimum absolute atomic E-state index is 0.0728. The summed E-state index contributed by atoms with van der Waals surface area (Å²) < 4.78 is 1.08. The van der Waals surface area contributed by atoms with Crippen LogP contribution in [0.1, 0.15) is 18.4 Å². The molecule has 1 fully saturated rings. The molecule has 1 unspecified atom stereocenters. The van der Waals surface area contributed by atoms with Crippen molar-refractivity contribution in [1.82, 2.24) is 4.90 Å². The third kappa shape index (κ3) is 2.98. The molecule has 0 aromatic heterocycles. The number of hydrogen-bond donors (Lipinski definition) is 2. The molecule has 0 bridgehead atoms. The first-order valence-electron chi connectivity index (χ1n) is 5.66. The fraction of sp³-hybridized carbons (Fsp3) is 0.417. The lowest BCUT2D eigenvalue weighted by atomic mass is 10.1. The molecule has 92 valence electrons. The van der Waals surface area contributed by atoms with E-state index in [0.717, 1.165) is 30.4 Å². The van der Waals surface area contributed by atoms with Crippen LogP contribution in [-0.4, -0.2) is 28.5 Å². The zero-order chi connectivity index (χ0) is 12.3. The van der Waals surface area contributed by atoms with E-state index in [1.54, 1.807) is 0 Å². The highest BCUT2D eigenvalue weighted by atomic mass is 79.9. The Bertz CT molecular complexity index is 405. The molecule has 0 saturated carbocycles. The molecular formula is C12H16BrN3O. The van der Waals surface area contributed by atoms with E-state index in [9.17, 15) is 0 Å². The van der Waals surface area contributed by atoms with Gasteiger partial charge in [-0.2, -0.15) is 0 Å². The number of oxime groups is 1. The zero-order valence-corrected chi connectivity index (χ0v) is 11.1. The number of amidine groups is 1. The minimum atomic E-state index is 0.0728. The Morgan fingerprint density at radius 3 is 2.82 bits per heavy atom. The molecule has 1 heterocycles. The van der Waals surface area contributed by atoms with Crippen LogP contribution in [0.2, 0.25) is 0 Å². The van der Waals surface area contributed by atoms with Crippen molar-refractivity contribution in [2.24, 2.45) is 10.9 Å². The first-order valence-corrected chi connectivity index (χ1v) is 6.46. The molecule has 0 spiro atoms. The number of rotatable bonds is 3. The molecule has 1 atom stereocenters. The quantitative estimate of drug-likeness (QED) is 0.389. The topological polar surface area (TPSA) is 61.9 Å². The highest BCUT2D eigenvalue weighted by molar-refractivity contribution is 9.10. The maximum atomic E-state index is 8.75. The van der Waals surface area contributed by atoms with Gasteiger partial charge in [0.05, 0.1) is 6.04 Å². The molecule has 0 amide bonds. The Hall–Kier alpha value is -1.07. The first kappa shape index (κ1) is 12.4. The summed E-state index contributed by atoms with van der Waals surface area (Å²) in [4.78, 5) is 2.25. The molecule has 1 aromatic carbocycles. The zero-order valence-electron chi connectivity index (χ0n) is 9.51. The highest BCUT2D eigenvalue weighted by Crippen LogP contribution is 2.21. The van der Waals surface area contributed by atoms with E-state index in [1.807, 2.05) is 12.1 Å². The number of hydrogen-bond acceptors (Lipinski definition) is 3. The smallest absolute Gasteiger partial charge is 0.156 e. The summed E-state index contributed by atoms with van der Waals surface area (Å²) in [5, 5.41) is 11.9. The van der Waals surface area contributed by atoms with Gasteiger partial charge in [0, 0.05) is 11.0 Å². The van der Waals surface area contributed by atoms with Crippen molar-refractivity contribution in [2.45, 2.75) is 25.4 Å². The van der Waals surface area contributed by atoms with E-state index in [2.05, 4.69) is 38.1 Å². The van der Waals surface area contributed by atoms with E-state index in [0.29, 0.717) is 5.84 Å². The Balaban J connectivity index is 2.05. The van der Waals surface area contributed by atoms with Crippen molar-refractivity contribution in [2.75, 3.05) is 6.54 Å². The number of halogens is 1. The van der Waals surface area contributed by atoms with Gasteiger partial charge >= 0.3 is 0 Å². The number of benzene rings is 1. The summed E-state index contributed by atoms with van der Waals surface area (Å²) in [6, 6.07) is 8.31. The summed E-state index contributed by atoms with van der Waals surface area (Å²) >= 11 is 3.42. The molecule has 1 aliphatic rings. The minimum Gasteiger partial charge on any atom is -0.409 e. The Labute approximate surface area is 109 Å². The van der Waals surface area contributed by atoms with Crippen LogP contribution in [0, 0.1) is 0 Å². The van der Waals surface area contributed by atoms with Crippen LogP contribution in [-0.2, 0) is 6.54 Å². The van der Waals surface area contributed by atoms with E-state index in [4.69, 9.17) is 10.9 Å². The number of likely N-dealkylation sites (tertiary alicyclic amines) is 1. The van der Waals surface area contributed by atoms with Gasteiger partial charge in [-0.15, -0.1) is 0 Å². The van der Waals surface area contributed by atoms with Gasteiger partial charge in [0.2, 0.25) is 0 Å². The van der Waals surface area contributed by atoms with Crippen LogP contribution in [0.25, 0.3) is 0 Å². The predicted octanol–water partition coefficient (Wildman–Crippen LogP) is 2.16. The lowest BCUT2D eigenvalue weighted by Crippen LogP contribution is -2.40. The maximum absolute atomic E-state index is 8.75. The highest BCUT2D eigenvalue weighted by Gasteiger charge is 2.27. The summed E-state index contributed by atoms with van der Waals surface area (Å²) in [6.07, 6.45) is 2.06. The summed E-state index contributed by atoms with van der Waals surface area (Å²) in [5.41, 5.74) is 6.94. The predicted molar refractivity (Wildman–Crippen MR) is 71.0 cm³/mol. The Kier molecular flexibility index (Phi) is 4.02. The Morgan fingerprint density at radius 2 is 2.18 bits per heavy atom. The van der Waals surface area contributed by atoms with E-state index in [-0.39, 0.29) is 6.04 Å². The van der Waals surface area contributed by atoms with Gasteiger partial charge in [0.25, 0.3) is 0 Å². The summed E-state index contributed by atoms with van der Waals surface area (Å²) in [5.74, 6) is 0.319. The van der Waals surface area contributed by atoms with Gasteiger partial charge in [-0.3, -0.25) is 4.90 Å². The summed E-state index contributed by atoms with van der Waals surface area (Å²) in [6.45, 7) is 1.84. The third-order valence-corrected chi connectivity index (χ3v) is 3.65. The van der Waals surface area contributed by atoms with Crippen LogP contribution in [0.3, 0.4) is 0 Å². The second-order valence-electron chi connectivity index (χ2n) is 4.28. The number of nitrogens with two attached hydrogens (primary N) is 1. The first-order chi connectivity index (χ1) is 8.20. The molecule has 5 heteroatoms. The molecule has 0 radical (unpaired) electrons. The van der Waals surface area contributed by atoms with Gasteiger partial charge < -0.3 is 10.9 Å². The van der Waals surface area contributed by atoms with Gasteiger partial charge in [0.1, 0.15) is 0 Å². The fourth-order valence-electron chi connectivity index (χ4n) is 2.24. The van der Waals surface area contributed by atoms with Crippen molar-refractivity contribution < 1.29 is 5.21 Å². The Morgan fingerprint density at radius 1 is 1.47 bits per heavy atom. The lowest BCUT2D eigenvalue weighted by Gasteiger charge is -2.23. The SMILES string of the molecule is NC(=NO)C1CCCN1Cc1ccc(Br)cc1. The van der Waals surface area contributed by atoms with Crippen molar-refractivity contribution in [3.8, 4) is 0 Å². The molecule has 2 rings (SSSR count). The van der Waals surface area contributed by atoms with E-state index >= 15 is 0 Å². The van der Waals surface area contributed by atoms with Crippen molar-refractivity contribution >= 4 is 21.8 Å². The van der Waals surface area contributed by atoms with Crippen LogP contribution >= 0.6 is 15.9 Å². The average molecular weight is 298 g/mol. The largest absolute Gasteiger partial charge is 0.409 e. The van der Waals surface area contributed by atoms with Gasteiger partial charge in [-0.1, -0.05) is 33.2 Å². The van der Waals surface area contributed by atoms with Gasteiger partial charge in [-0.25, -0.2) is 0 Å². The third-order valence-electron chi connectivity index (χ3n) is 3.12. The molecular weight excluding hydrogens is 282 g/mol. The second kappa shape index (κ2) is 5.51. The normalized spacial score (nSPS) is 21.9. The molecule has 1 aliphatic heterocycles. The van der Waals surface area contributed by atoms with Crippen LogP contribution < -0.4 is 5.73 Å². The van der Waals surface area contributed by atoms with E-state index < -0.39 is 0 Å². The van der Waals surface area contributed by atoms with Crippen molar-refractivity contribution in [3.63, 3.8) is 0 Å². The lowest BCUT2D eigenvalue weighted by molar-refractivity contribution is 0.275. The standard InChI is InChI=1S/C12H16BrN3O/c13-10-5-3-9(4-6-10)8-16-7-1-2-11(16)12(14)15-17/h3-6,11,17H,1-2,7-8H2,(H2,14,15). The summed E-state index contributed by atoms with van der Waals surface area (Å²) in [7, 11) is 0. The van der Waals surface area contributed by atoms with Crippen LogP contribution in [0.5, 0.6) is 0 Å². The molecule has 17 heavy (non-hydrogen) atoms. The van der Waals surface area contributed by atoms with Crippen molar-refractivity contribution in [1.29, 1.82) is 0 Å². The van der Waals surface area contributed by atoms with E-state index in [1.165, 1.54) is 5.56 Å². The molecule has 4 nitrogen and oxygen atoms in total. The average Bonchev–Trinajstić information content (AvgIpc) is 2.79. The fourth-order valence-corrected chi connectivity index (χ4v) is 2.51. The molecule has 0 aliphatic carbocycles. The maximum Gasteiger partial charge on any atom is 0.156 e. The second-order valence-corrected chi connectivity index (χ2v) is 5.20. The van der Waals surface area contributed by atoms with Crippen molar-refractivity contribution in [3.05, 3.63) is 34.3 Å².